The first-order valence-electron chi connectivity index (χ1n) is 7.04. The van der Waals surface area contributed by atoms with E-state index in [1.54, 1.807) is 26.0 Å². The molecule has 1 aliphatic carbocycles. The average molecular weight is 307 g/mol. The van der Waals surface area contributed by atoms with Gasteiger partial charge in [-0.1, -0.05) is 6.08 Å². The highest BCUT2D eigenvalue weighted by atomic mass is 16.4. The number of phenols is 1. The molecule has 1 unspecified atom stereocenters. The molecule has 2 rings (SSSR count). The molecule has 0 amide bonds. The van der Waals surface area contributed by atoms with Crippen molar-refractivity contribution in [2.45, 2.75) is 38.2 Å². The van der Waals surface area contributed by atoms with Gasteiger partial charge in [0.2, 0.25) is 0 Å². The maximum absolute atomic E-state index is 9.96. The minimum Gasteiger partial charge on any atom is -0.507 e. The van der Waals surface area contributed by atoms with Crippen LogP contribution < -0.4 is 0 Å². The fraction of sp³-hybridized carbons (Fsp3) is 0.438. The quantitative estimate of drug-likeness (QED) is 0.392. The van der Waals surface area contributed by atoms with Crippen molar-refractivity contribution in [3.8, 4) is 5.75 Å². The summed E-state index contributed by atoms with van der Waals surface area (Å²) < 4.78 is 0. The van der Waals surface area contributed by atoms with E-state index in [0.29, 0.717) is 11.1 Å². The van der Waals surface area contributed by atoms with Gasteiger partial charge in [-0.05, 0) is 48.2 Å². The van der Waals surface area contributed by atoms with E-state index >= 15 is 0 Å². The van der Waals surface area contributed by atoms with Crippen LogP contribution >= 0.6 is 0 Å². The summed E-state index contributed by atoms with van der Waals surface area (Å²) in [4.78, 5) is 4.21. The second-order valence-corrected chi connectivity index (χ2v) is 5.60. The van der Waals surface area contributed by atoms with Crippen molar-refractivity contribution < 1.29 is 25.5 Å². The van der Waals surface area contributed by atoms with Gasteiger partial charge < -0.3 is 25.5 Å². The number of hydrogen-bond donors (Lipinski definition) is 5. The Morgan fingerprint density at radius 1 is 1.09 bits per heavy atom. The summed E-state index contributed by atoms with van der Waals surface area (Å²) >= 11 is 0. The van der Waals surface area contributed by atoms with Crippen molar-refractivity contribution in [1.82, 2.24) is 0 Å². The molecule has 0 radical (unpaired) electrons. The molecule has 0 aromatic heterocycles. The minimum absolute atomic E-state index is 0.232. The highest BCUT2D eigenvalue weighted by Crippen LogP contribution is 2.24. The molecule has 0 saturated carbocycles. The Kier molecular flexibility index (Phi) is 4.97. The second kappa shape index (κ2) is 6.58. The van der Waals surface area contributed by atoms with E-state index in [-0.39, 0.29) is 11.3 Å². The van der Waals surface area contributed by atoms with Crippen LogP contribution in [0.15, 0.2) is 28.8 Å². The lowest BCUT2D eigenvalue weighted by molar-refractivity contribution is -0.0592. The number of nitrogens with zero attached hydrogens (tertiary/aromatic N) is 1. The summed E-state index contributed by atoms with van der Waals surface area (Å²) in [6.45, 7) is 3.15. The van der Waals surface area contributed by atoms with Crippen molar-refractivity contribution in [1.29, 1.82) is 0 Å². The van der Waals surface area contributed by atoms with Crippen LogP contribution in [0.4, 0.5) is 0 Å². The number of aliphatic imine (C=N–C) groups is 1. The molecule has 0 fully saturated rings. The topological polar surface area (TPSA) is 114 Å². The maximum Gasteiger partial charge on any atom is 0.121 e. The molecular weight excluding hydrogens is 286 g/mol. The molecule has 5 N–H and O–H groups in total. The van der Waals surface area contributed by atoms with Crippen LogP contribution in [-0.2, 0) is 0 Å². The zero-order chi connectivity index (χ0) is 16.4. The fourth-order valence-corrected chi connectivity index (χ4v) is 2.54. The van der Waals surface area contributed by atoms with Gasteiger partial charge in [-0.25, -0.2) is 0 Å². The lowest BCUT2D eigenvalue weighted by atomic mass is 9.88. The Bertz CT molecular complexity index is 588. The lowest BCUT2D eigenvalue weighted by Crippen LogP contribution is -2.48. The zero-order valence-electron chi connectivity index (χ0n) is 12.5. The Hall–Kier alpha value is -1.73. The number of aliphatic hydroxyl groups is 4. The number of rotatable bonds is 3. The first kappa shape index (κ1) is 16.6. The van der Waals surface area contributed by atoms with E-state index in [4.69, 9.17) is 0 Å². The van der Waals surface area contributed by atoms with E-state index in [1.165, 1.54) is 12.3 Å². The standard InChI is InChI=1S/C16H21NO5/c1-8-3-10(4-9(2)13(8)19)6-17-12-5-11(7-18)14(20)16(22)15(12)21/h3-6,12,14-16,18-22H,7H2,1-2H3/t12-,14+,15-,16?/m0/s1. The molecule has 6 nitrogen and oxygen atoms in total. The smallest absolute Gasteiger partial charge is 0.121 e. The van der Waals surface area contributed by atoms with Crippen molar-refractivity contribution in [2.24, 2.45) is 4.99 Å². The predicted octanol–water partition coefficient (Wildman–Crippen LogP) is -0.188. The predicted molar refractivity (Wildman–Crippen MR) is 82.2 cm³/mol. The molecule has 0 saturated heterocycles. The number of phenolic OH excluding ortho intramolecular Hbond substituents is 1. The zero-order valence-corrected chi connectivity index (χ0v) is 12.5. The largest absolute Gasteiger partial charge is 0.507 e. The molecule has 0 bridgehead atoms. The number of aromatic hydroxyl groups is 1. The number of benzene rings is 1. The third kappa shape index (κ3) is 3.20. The van der Waals surface area contributed by atoms with Crippen LogP contribution in [0.5, 0.6) is 5.75 Å². The Labute approximate surface area is 128 Å². The molecule has 4 atom stereocenters. The summed E-state index contributed by atoms with van der Waals surface area (Å²) in [5.74, 6) is 0.232. The first-order valence-corrected chi connectivity index (χ1v) is 7.04. The molecule has 1 aromatic carbocycles. The van der Waals surface area contributed by atoms with Gasteiger partial charge in [-0.15, -0.1) is 0 Å². The molecule has 1 aromatic rings. The van der Waals surface area contributed by atoms with Crippen LogP contribution in [0.1, 0.15) is 16.7 Å². The Morgan fingerprint density at radius 3 is 2.23 bits per heavy atom. The minimum atomic E-state index is -1.39. The normalized spacial score (nSPS) is 28.9. The van der Waals surface area contributed by atoms with Crippen LogP contribution in [0.3, 0.4) is 0 Å². The van der Waals surface area contributed by atoms with E-state index in [1.807, 2.05) is 0 Å². The van der Waals surface area contributed by atoms with Crippen molar-refractivity contribution in [2.75, 3.05) is 6.61 Å². The van der Waals surface area contributed by atoms with Gasteiger partial charge in [-0.3, -0.25) is 4.99 Å². The molecule has 120 valence electrons. The summed E-state index contributed by atoms with van der Waals surface area (Å²) in [7, 11) is 0. The summed E-state index contributed by atoms with van der Waals surface area (Å²) in [6.07, 6.45) is -0.940. The van der Waals surface area contributed by atoms with E-state index in [0.717, 1.165) is 5.56 Å². The number of aliphatic hydroxyl groups excluding tert-OH is 4. The van der Waals surface area contributed by atoms with Crippen LogP contribution in [-0.4, -0.2) is 62.7 Å². The third-order valence-corrected chi connectivity index (χ3v) is 3.88. The van der Waals surface area contributed by atoms with Gasteiger partial charge >= 0.3 is 0 Å². The van der Waals surface area contributed by atoms with Gasteiger partial charge in [0.15, 0.2) is 0 Å². The molecule has 1 aliphatic rings. The van der Waals surface area contributed by atoms with E-state index in [9.17, 15) is 25.5 Å². The number of hydrogen-bond acceptors (Lipinski definition) is 6. The highest BCUT2D eigenvalue weighted by molar-refractivity contribution is 5.81. The summed E-state index contributed by atoms with van der Waals surface area (Å²) in [5, 5.41) is 48.3. The van der Waals surface area contributed by atoms with E-state index in [2.05, 4.69) is 4.99 Å². The van der Waals surface area contributed by atoms with Gasteiger partial charge in [-0.2, -0.15) is 0 Å². The first-order chi connectivity index (χ1) is 10.3. The average Bonchev–Trinajstić information content (AvgIpc) is 2.49. The molecule has 0 aliphatic heterocycles. The van der Waals surface area contributed by atoms with Crippen molar-refractivity contribution >= 4 is 6.21 Å². The van der Waals surface area contributed by atoms with E-state index < -0.39 is 31.0 Å². The molecule has 0 heterocycles. The van der Waals surface area contributed by atoms with Gasteiger partial charge in [0.25, 0.3) is 0 Å². The summed E-state index contributed by atoms with van der Waals surface area (Å²) in [5.41, 5.74) is 2.41. The fourth-order valence-electron chi connectivity index (χ4n) is 2.54. The van der Waals surface area contributed by atoms with Crippen LogP contribution in [0, 0.1) is 13.8 Å². The lowest BCUT2D eigenvalue weighted by Gasteiger charge is -2.32. The van der Waals surface area contributed by atoms with Gasteiger partial charge in [0.05, 0.1) is 12.6 Å². The Morgan fingerprint density at radius 2 is 1.68 bits per heavy atom. The monoisotopic (exact) mass is 307 g/mol. The van der Waals surface area contributed by atoms with Gasteiger partial charge in [0.1, 0.15) is 24.1 Å². The SMILES string of the molecule is Cc1cc(C=N[C@H]2C=C(CO)[C@@H](O)C(O)[C@H]2O)cc(C)c1O. The molecule has 0 spiro atoms. The molecule has 6 heteroatoms. The third-order valence-electron chi connectivity index (χ3n) is 3.88. The van der Waals surface area contributed by atoms with Crippen molar-refractivity contribution in [3.63, 3.8) is 0 Å². The highest BCUT2D eigenvalue weighted by Gasteiger charge is 2.36. The second-order valence-electron chi connectivity index (χ2n) is 5.60. The number of aryl methyl sites for hydroxylation is 2. The van der Waals surface area contributed by atoms with Crippen molar-refractivity contribution in [3.05, 3.63) is 40.5 Å². The Balaban J connectivity index is 2.27. The summed E-state index contributed by atoms with van der Waals surface area (Å²) in [6, 6.07) is 2.75. The maximum atomic E-state index is 9.96. The molecular formula is C16H21NO5. The van der Waals surface area contributed by atoms with Crippen LogP contribution in [0.2, 0.25) is 0 Å². The molecule has 22 heavy (non-hydrogen) atoms. The van der Waals surface area contributed by atoms with Gasteiger partial charge in [0, 0.05) is 6.21 Å². The van der Waals surface area contributed by atoms with Crippen LogP contribution in [0.25, 0.3) is 0 Å².